The van der Waals surface area contributed by atoms with Crippen LogP contribution < -0.4 is 5.32 Å². The molecule has 28 heavy (non-hydrogen) atoms. The van der Waals surface area contributed by atoms with E-state index in [9.17, 15) is 5.26 Å². The Bertz CT molecular complexity index is 1280. The van der Waals surface area contributed by atoms with Crippen LogP contribution in [0.15, 0.2) is 42.5 Å². The summed E-state index contributed by atoms with van der Waals surface area (Å²) < 4.78 is 2.07. The highest BCUT2D eigenvalue weighted by Crippen LogP contribution is 2.37. The number of nitrogens with zero attached hydrogens (tertiary/aromatic N) is 3. The average Bonchev–Trinajstić information content (AvgIpc) is 3.10. The Morgan fingerprint density at radius 2 is 1.79 bits per heavy atom. The molecule has 0 saturated heterocycles. The largest absolute Gasteiger partial charge is 0.341 e. The smallest absolute Gasteiger partial charge is 0.157 e. The zero-order valence-electron chi connectivity index (χ0n) is 15.0. The Kier molecular flexibility index (Phi) is 4.16. The van der Waals surface area contributed by atoms with Crippen LogP contribution in [0.2, 0.25) is 10.0 Å². The highest BCUT2D eigenvalue weighted by atomic mass is 35.5. The average molecular weight is 407 g/mol. The normalized spacial score (nSPS) is 13.5. The van der Waals surface area contributed by atoms with E-state index in [-0.39, 0.29) is 0 Å². The molecule has 4 nitrogen and oxygen atoms in total. The number of anilines is 2. The predicted molar refractivity (Wildman–Crippen MR) is 114 cm³/mol. The third kappa shape index (κ3) is 2.63. The van der Waals surface area contributed by atoms with Crippen LogP contribution in [0.4, 0.5) is 11.5 Å². The summed E-state index contributed by atoms with van der Waals surface area (Å²) in [6, 6.07) is 15.9. The quantitative estimate of drug-likeness (QED) is 0.425. The third-order valence-corrected chi connectivity index (χ3v) is 6.10. The van der Waals surface area contributed by atoms with E-state index >= 15 is 0 Å². The highest BCUT2D eigenvalue weighted by Gasteiger charge is 2.24. The van der Waals surface area contributed by atoms with Crippen molar-refractivity contribution in [2.75, 3.05) is 5.32 Å². The van der Waals surface area contributed by atoms with Crippen LogP contribution in [0.25, 0.3) is 16.7 Å². The van der Waals surface area contributed by atoms with Crippen molar-refractivity contribution >= 4 is 51.4 Å². The van der Waals surface area contributed by atoms with Gasteiger partial charge in [-0.1, -0.05) is 35.3 Å². The molecule has 6 heteroatoms. The van der Waals surface area contributed by atoms with Crippen molar-refractivity contribution in [3.8, 4) is 6.07 Å². The molecule has 0 aliphatic heterocycles. The summed E-state index contributed by atoms with van der Waals surface area (Å²) in [6.45, 7) is 0. The lowest BCUT2D eigenvalue weighted by Crippen LogP contribution is -2.13. The molecule has 0 saturated carbocycles. The zero-order chi connectivity index (χ0) is 19.3. The number of nitriles is 1. The molecule has 0 radical (unpaired) electrons. The van der Waals surface area contributed by atoms with Crippen molar-refractivity contribution in [3.63, 3.8) is 0 Å². The van der Waals surface area contributed by atoms with Gasteiger partial charge in [0.05, 0.1) is 26.6 Å². The summed E-state index contributed by atoms with van der Waals surface area (Å²) in [5.74, 6) is 0.954. The van der Waals surface area contributed by atoms with Crippen molar-refractivity contribution in [3.05, 3.63) is 69.2 Å². The van der Waals surface area contributed by atoms with Gasteiger partial charge in [0.25, 0.3) is 0 Å². The van der Waals surface area contributed by atoms with E-state index in [1.54, 1.807) is 6.07 Å². The molecule has 138 valence electrons. The molecule has 0 unspecified atom stereocenters. The third-order valence-electron chi connectivity index (χ3n) is 5.36. The number of fused-ring (bicyclic) bond motifs is 4. The molecule has 0 bridgehead atoms. The lowest BCUT2D eigenvalue weighted by molar-refractivity contribution is 0.682. The second kappa shape index (κ2) is 6.70. The molecule has 1 N–H and O–H groups in total. The summed E-state index contributed by atoms with van der Waals surface area (Å²) in [5, 5.41) is 14.5. The number of aromatic nitrogens is 2. The van der Waals surface area contributed by atoms with E-state index in [0.29, 0.717) is 21.3 Å². The lowest BCUT2D eigenvalue weighted by Gasteiger charge is -2.23. The molecule has 2 aromatic heterocycles. The van der Waals surface area contributed by atoms with E-state index in [1.165, 1.54) is 5.56 Å². The molecule has 1 aliphatic rings. The van der Waals surface area contributed by atoms with Gasteiger partial charge in [0, 0.05) is 5.69 Å². The zero-order valence-corrected chi connectivity index (χ0v) is 16.5. The van der Waals surface area contributed by atoms with Crippen LogP contribution in [-0.4, -0.2) is 9.38 Å². The van der Waals surface area contributed by atoms with Crippen molar-refractivity contribution in [2.45, 2.75) is 25.7 Å². The number of pyridine rings is 1. The van der Waals surface area contributed by atoms with E-state index in [4.69, 9.17) is 28.2 Å². The van der Waals surface area contributed by atoms with Crippen molar-refractivity contribution in [1.29, 1.82) is 5.26 Å². The van der Waals surface area contributed by atoms with Gasteiger partial charge in [-0.05, 0) is 67.1 Å². The summed E-state index contributed by atoms with van der Waals surface area (Å²) >= 11 is 12.3. The number of imidazole rings is 1. The number of para-hydroxylation sites is 2. The minimum Gasteiger partial charge on any atom is -0.341 e. The molecule has 2 heterocycles. The van der Waals surface area contributed by atoms with Gasteiger partial charge in [0.2, 0.25) is 0 Å². The molecule has 2 aromatic carbocycles. The maximum Gasteiger partial charge on any atom is 0.157 e. The van der Waals surface area contributed by atoms with Gasteiger partial charge in [-0.15, -0.1) is 0 Å². The minimum atomic E-state index is 0.501. The first-order chi connectivity index (χ1) is 13.7. The van der Waals surface area contributed by atoms with E-state index < -0.39 is 0 Å². The van der Waals surface area contributed by atoms with Gasteiger partial charge in [-0.2, -0.15) is 5.26 Å². The number of hydrogen-bond donors (Lipinski definition) is 1. The van der Waals surface area contributed by atoms with Crippen molar-refractivity contribution < 1.29 is 0 Å². The minimum absolute atomic E-state index is 0.501. The topological polar surface area (TPSA) is 53.1 Å². The predicted octanol–water partition coefficient (Wildman–Crippen LogP) is 6.29. The maximum atomic E-state index is 9.91. The summed E-state index contributed by atoms with van der Waals surface area (Å²) in [5.41, 5.74) is 6.38. The fraction of sp³-hybridized carbons (Fsp3) is 0.182. The standard InChI is InChI=1S/C22H16Cl2N4/c23-17-10-9-13(11-18(17)24)26-21-15-6-2-1-5-14(15)16(12-25)22-27-19-7-3-4-8-20(19)28(21)22/h3-4,7-11,26H,1-2,5-6H2. The number of hydrogen-bond acceptors (Lipinski definition) is 3. The fourth-order valence-electron chi connectivity index (χ4n) is 4.09. The monoisotopic (exact) mass is 406 g/mol. The van der Waals surface area contributed by atoms with Gasteiger partial charge in [0.15, 0.2) is 5.65 Å². The van der Waals surface area contributed by atoms with Crippen LogP contribution in [0, 0.1) is 11.3 Å². The van der Waals surface area contributed by atoms with E-state index in [0.717, 1.165) is 53.8 Å². The molecule has 0 amide bonds. The Hall–Kier alpha value is -2.74. The van der Waals surface area contributed by atoms with Crippen molar-refractivity contribution in [2.24, 2.45) is 0 Å². The first kappa shape index (κ1) is 17.4. The van der Waals surface area contributed by atoms with Gasteiger partial charge >= 0.3 is 0 Å². The van der Waals surface area contributed by atoms with Gasteiger partial charge in [-0.3, -0.25) is 4.40 Å². The second-order valence-electron chi connectivity index (χ2n) is 7.01. The van der Waals surface area contributed by atoms with Gasteiger partial charge < -0.3 is 5.32 Å². The maximum absolute atomic E-state index is 9.91. The van der Waals surface area contributed by atoms with E-state index in [1.807, 2.05) is 36.4 Å². The number of benzene rings is 2. The first-order valence-corrected chi connectivity index (χ1v) is 10.00. The van der Waals surface area contributed by atoms with Crippen LogP contribution in [0.5, 0.6) is 0 Å². The van der Waals surface area contributed by atoms with Crippen LogP contribution in [0.3, 0.4) is 0 Å². The summed E-state index contributed by atoms with van der Waals surface area (Å²) in [6.07, 6.45) is 4.01. The summed E-state index contributed by atoms with van der Waals surface area (Å²) in [4.78, 5) is 4.78. The second-order valence-corrected chi connectivity index (χ2v) is 7.83. The number of rotatable bonds is 2. The Morgan fingerprint density at radius 3 is 2.57 bits per heavy atom. The lowest BCUT2D eigenvalue weighted by atomic mass is 9.89. The van der Waals surface area contributed by atoms with Crippen molar-refractivity contribution in [1.82, 2.24) is 9.38 Å². The van der Waals surface area contributed by atoms with Crippen LogP contribution >= 0.6 is 23.2 Å². The Morgan fingerprint density at radius 1 is 1.00 bits per heavy atom. The fourth-order valence-corrected chi connectivity index (χ4v) is 4.39. The highest BCUT2D eigenvalue weighted by molar-refractivity contribution is 6.42. The molecule has 0 fully saturated rings. The first-order valence-electron chi connectivity index (χ1n) is 9.24. The molecule has 0 spiro atoms. The number of nitrogens with one attached hydrogen (secondary N) is 1. The molecular weight excluding hydrogens is 391 g/mol. The molecular formula is C22H16Cl2N4. The van der Waals surface area contributed by atoms with Crippen LogP contribution in [0.1, 0.15) is 29.5 Å². The van der Waals surface area contributed by atoms with E-state index in [2.05, 4.69) is 15.8 Å². The molecule has 4 aromatic rings. The van der Waals surface area contributed by atoms with Gasteiger partial charge in [-0.25, -0.2) is 4.98 Å². The molecule has 1 aliphatic carbocycles. The number of halogens is 2. The Balaban J connectivity index is 1.85. The van der Waals surface area contributed by atoms with Gasteiger partial charge in [0.1, 0.15) is 11.9 Å². The summed E-state index contributed by atoms with van der Waals surface area (Å²) in [7, 11) is 0. The molecule has 5 rings (SSSR count). The SMILES string of the molecule is N#Cc1c2c(c(Nc3ccc(Cl)c(Cl)c3)n3c1nc1ccccc13)CCCC2. The van der Waals surface area contributed by atoms with Crippen LogP contribution in [-0.2, 0) is 12.8 Å². The molecule has 0 atom stereocenters. The Labute approximate surface area is 172 Å².